The summed E-state index contributed by atoms with van der Waals surface area (Å²) in [4.78, 5) is 25.2. The molecule has 3 aliphatic rings. The van der Waals surface area contributed by atoms with Crippen molar-refractivity contribution in [1.29, 1.82) is 0 Å². The molecule has 2 aromatic carbocycles. The van der Waals surface area contributed by atoms with Crippen molar-refractivity contribution in [3.05, 3.63) is 82.5 Å². The van der Waals surface area contributed by atoms with E-state index in [2.05, 4.69) is 32.2 Å². The van der Waals surface area contributed by atoms with Crippen LogP contribution in [0, 0.1) is 11.7 Å². The van der Waals surface area contributed by atoms with Crippen LogP contribution in [0.2, 0.25) is 5.02 Å². The Morgan fingerprint density at radius 1 is 1.09 bits per heavy atom. The van der Waals surface area contributed by atoms with Gasteiger partial charge in [0.15, 0.2) is 0 Å². The van der Waals surface area contributed by atoms with Gasteiger partial charge in [0.1, 0.15) is 18.2 Å². The van der Waals surface area contributed by atoms with Crippen molar-refractivity contribution in [2.45, 2.75) is 63.8 Å². The zero-order valence-electron chi connectivity index (χ0n) is 25.9. The third kappa shape index (κ3) is 7.20. The molecule has 242 valence electrons. The number of pyridine rings is 1. The van der Waals surface area contributed by atoms with Gasteiger partial charge in [-0.15, -0.1) is 0 Å². The number of ether oxygens (including phenoxy) is 2. The van der Waals surface area contributed by atoms with E-state index < -0.39 is 0 Å². The maximum absolute atomic E-state index is 14.2. The second-order valence-corrected chi connectivity index (χ2v) is 13.1. The molecular weight excluding hydrogens is 607 g/mol. The summed E-state index contributed by atoms with van der Waals surface area (Å²) in [6, 6.07) is 16.5. The van der Waals surface area contributed by atoms with Gasteiger partial charge in [-0.2, -0.15) is 0 Å². The van der Waals surface area contributed by atoms with Crippen molar-refractivity contribution in [2.24, 2.45) is 5.92 Å². The van der Waals surface area contributed by atoms with Gasteiger partial charge in [0, 0.05) is 47.1 Å². The summed E-state index contributed by atoms with van der Waals surface area (Å²) in [5, 5.41) is 6.80. The van der Waals surface area contributed by atoms with Crippen molar-refractivity contribution >= 4 is 34.2 Å². The highest BCUT2D eigenvalue weighted by Crippen LogP contribution is 2.30. The molecule has 0 aliphatic carbocycles. The van der Waals surface area contributed by atoms with Crippen LogP contribution < -0.4 is 15.4 Å². The van der Waals surface area contributed by atoms with Gasteiger partial charge in [0.05, 0.1) is 36.1 Å². The number of imidazole rings is 1. The number of nitrogens with zero attached hydrogens (tertiary/aromatic N) is 4. The van der Waals surface area contributed by atoms with Crippen molar-refractivity contribution in [3.8, 4) is 5.88 Å². The number of aromatic nitrogens is 3. The zero-order chi connectivity index (χ0) is 31.5. The molecule has 0 radical (unpaired) electrons. The van der Waals surface area contributed by atoms with Gasteiger partial charge in [-0.25, -0.2) is 14.4 Å². The summed E-state index contributed by atoms with van der Waals surface area (Å²) in [6.07, 6.45) is 5.14. The lowest BCUT2D eigenvalue weighted by atomic mass is 9.93. The van der Waals surface area contributed by atoms with Crippen LogP contribution in [-0.2, 0) is 29.2 Å². The van der Waals surface area contributed by atoms with Gasteiger partial charge in [-0.3, -0.25) is 9.69 Å². The Kier molecular flexibility index (Phi) is 9.48. The molecule has 0 spiro atoms. The van der Waals surface area contributed by atoms with E-state index in [1.165, 1.54) is 6.07 Å². The topological polar surface area (TPSA) is 93.5 Å². The number of amides is 1. The first-order valence-corrected chi connectivity index (χ1v) is 16.7. The minimum absolute atomic E-state index is 0.000365. The van der Waals surface area contributed by atoms with Crippen LogP contribution in [0.3, 0.4) is 0 Å². The number of fused-ring (bicyclic) bond motifs is 1. The molecule has 2 N–H and O–H groups in total. The third-order valence-corrected chi connectivity index (χ3v) is 9.68. The highest BCUT2D eigenvalue weighted by molar-refractivity contribution is 6.30. The average molecular weight is 647 g/mol. The first-order chi connectivity index (χ1) is 22.5. The van der Waals surface area contributed by atoms with E-state index in [0.29, 0.717) is 22.4 Å². The molecule has 1 amide bonds. The SMILES string of the molecule is O=C(Nc1ccc2c(c1)nc(CN1CCC(c3cccc(OCc4ccc(Cl)cc4F)n3)CC1)n2CC1CCO1)C1CCCNC1. The van der Waals surface area contributed by atoms with Crippen LogP contribution in [0.25, 0.3) is 11.0 Å². The summed E-state index contributed by atoms with van der Waals surface area (Å²) in [6.45, 7) is 5.98. The monoisotopic (exact) mass is 646 g/mol. The number of benzene rings is 2. The van der Waals surface area contributed by atoms with E-state index >= 15 is 0 Å². The first-order valence-electron chi connectivity index (χ1n) is 16.4. The maximum Gasteiger partial charge on any atom is 0.228 e. The Morgan fingerprint density at radius 3 is 2.72 bits per heavy atom. The molecule has 9 nitrogen and oxygen atoms in total. The number of anilines is 1. The van der Waals surface area contributed by atoms with Gasteiger partial charge >= 0.3 is 0 Å². The normalized spacial score (nSPS) is 20.8. The third-order valence-electron chi connectivity index (χ3n) is 9.45. The van der Waals surface area contributed by atoms with E-state index in [4.69, 9.17) is 31.0 Å². The molecule has 46 heavy (non-hydrogen) atoms. The fraction of sp³-hybridized carbons (Fsp3) is 0.457. The number of halogens is 2. The van der Waals surface area contributed by atoms with Crippen LogP contribution in [-0.4, -0.2) is 64.2 Å². The number of rotatable bonds is 10. The van der Waals surface area contributed by atoms with Gasteiger partial charge in [0.2, 0.25) is 11.8 Å². The molecule has 7 rings (SSSR count). The van der Waals surface area contributed by atoms with Crippen molar-refractivity contribution in [2.75, 3.05) is 38.1 Å². The Bertz CT molecular complexity index is 1680. The Morgan fingerprint density at radius 2 is 1.96 bits per heavy atom. The minimum atomic E-state index is -0.385. The number of piperidine rings is 2. The Hall–Kier alpha value is -3.57. The zero-order valence-corrected chi connectivity index (χ0v) is 26.6. The molecule has 0 saturated carbocycles. The number of nitrogens with one attached hydrogen (secondary N) is 2. The van der Waals surface area contributed by atoms with Crippen LogP contribution in [0.1, 0.15) is 55.1 Å². The number of carbonyl (C=O) groups excluding carboxylic acids is 1. The van der Waals surface area contributed by atoms with E-state index in [1.807, 2.05) is 24.3 Å². The average Bonchev–Trinajstić information content (AvgIpc) is 3.38. The smallest absolute Gasteiger partial charge is 0.228 e. The van der Waals surface area contributed by atoms with E-state index in [9.17, 15) is 9.18 Å². The second kappa shape index (κ2) is 14.0. The lowest BCUT2D eigenvalue weighted by molar-refractivity contribution is -0.120. The molecule has 3 saturated heterocycles. The largest absolute Gasteiger partial charge is 0.473 e. The molecule has 2 atom stereocenters. The molecule has 4 aromatic rings. The molecule has 2 unspecified atom stereocenters. The number of likely N-dealkylation sites (tertiary alicyclic amines) is 1. The summed E-state index contributed by atoms with van der Waals surface area (Å²) in [5.41, 5.74) is 4.19. The van der Waals surface area contributed by atoms with E-state index in [1.54, 1.807) is 12.1 Å². The quantitative estimate of drug-likeness (QED) is 0.221. The van der Waals surface area contributed by atoms with E-state index in [-0.39, 0.29) is 30.4 Å². The van der Waals surface area contributed by atoms with Gasteiger partial charge in [-0.1, -0.05) is 23.7 Å². The summed E-state index contributed by atoms with van der Waals surface area (Å²) in [5.74, 6) is 1.52. The maximum atomic E-state index is 14.2. The van der Waals surface area contributed by atoms with Gasteiger partial charge < -0.3 is 24.7 Å². The highest BCUT2D eigenvalue weighted by atomic mass is 35.5. The molecule has 5 heterocycles. The molecule has 3 fully saturated rings. The fourth-order valence-electron chi connectivity index (χ4n) is 6.65. The standard InChI is InChI=1S/C35H40ClFN6O3/c36-26-7-6-25(29(37)17-26)22-46-34-5-1-4-30(41-34)23-10-14-42(15-11-23)21-33-40-31-18-27(39-35(44)24-3-2-13-38-19-24)8-9-32(31)43(33)20-28-12-16-45-28/h1,4-9,17-18,23-24,28,38H,2-3,10-16,19-22H2,(H,39,44). The number of hydrogen-bond donors (Lipinski definition) is 2. The number of carbonyl (C=O) groups is 1. The lowest BCUT2D eigenvalue weighted by Crippen LogP contribution is -2.37. The van der Waals surface area contributed by atoms with Crippen molar-refractivity contribution in [1.82, 2.24) is 24.8 Å². The summed E-state index contributed by atoms with van der Waals surface area (Å²) < 4.78 is 28.1. The molecule has 3 aliphatic heterocycles. The fourth-order valence-corrected chi connectivity index (χ4v) is 6.81. The molecular formula is C35H40ClFN6O3. The first kappa shape index (κ1) is 31.1. The van der Waals surface area contributed by atoms with Crippen LogP contribution in [0.15, 0.2) is 54.6 Å². The highest BCUT2D eigenvalue weighted by Gasteiger charge is 2.27. The second-order valence-electron chi connectivity index (χ2n) is 12.6. The van der Waals surface area contributed by atoms with Crippen LogP contribution in [0.4, 0.5) is 10.1 Å². The van der Waals surface area contributed by atoms with Gasteiger partial charge in [0.25, 0.3) is 0 Å². The van der Waals surface area contributed by atoms with Crippen LogP contribution >= 0.6 is 11.6 Å². The van der Waals surface area contributed by atoms with Crippen LogP contribution in [0.5, 0.6) is 5.88 Å². The number of hydrogen-bond acceptors (Lipinski definition) is 7. The van der Waals surface area contributed by atoms with Gasteiger partial charge in [-0.05, 0) is 88.1 Å². The summed E-state index contributed by atoms with van der Waals surface area (Å²) in [7, 11) is 0. The minimum Gasteiger partial charge on any atom is -0.473 e. The van der Waals surface area contributed by atoms with Crippen molar-refractivity contribution < 1.29 is 18.7 Å². The summed E-state index contributed by atoms with van der Waals surface area (Å²) >= 11 is 5.87. The molecule has 2 aromatic heterocycles. The molecule has 11 heteroatoms. The lowest BCUT2D eigenvalue weighted by Gasteiger charge is -2.32. The van der Waals surface area contributed by atoms with E-state index in [0.717, 1.165) is 106 Å². The van der Waals surface area contributed by atoms with Crippen molar-refractivity contribution in [3.63, 3.8) is 0 Å². The Labute approximate surface area is 273 Å². The predicted octanol–water partition coefficient (Wildman–Crippen LogP) is 5.91. The Balaban J connectivity index is 0.996. The molecule has 0 bridgehead atoms. The predicted molar refractivity (Wildman–Crippen MR) is 176 cm³/mol.